The average molecular weight is 416 g/mol. The first-order chi connectivity index (χ1) is 14.0. The highest BCUT2D eigenvalue weighted by Crippen LogP contribution is 2.37. The van der Waals surface area contributed by atoms with E-state index in [1.165, 1.54) is 44.5 Å². The second kappa shape index (κ2) is 10.3. The molecule has 2 aromatic rings. The standard InChI is InChI=1S/C24H34ClN3O/c1-3-4-6-13-21-23(19-11-7-8-12-20(19)25)22(24(26)29)18(2)28(21)17-16-27-14-9-5-10-15-27/h7-8,11-12H,3-6,9-10,13-17H2,1-2H3,(H2,26,29). The number of hydrogen-bond acceptors (Lipinski definition) is 2. The van der Waals surface area contributed by atoms with Gasteiger partial charge < -0.3 is 15.2 Å². The third-order valence-electron chi connectivity index (χ3n) is 6.13. The summed E-state index contributed by atoms with van der Waals surface area (Å²) in [5.74, 6) is -0.370. The molecule has 3 rings (SSSR count). The zero-order chi connectivity index (χ0) is 20.8. The molecule has 158 valence electrons. The number of piperidine rings is 1. The molecular formula is C24H34ClN3O. The summed E-state index contributed by atoms with van der Waals surface area (Å²) in [6.07, 6.45) is 8.27. The van der Waals surface area contributed by atoms with Crippen molar-refractivity contribution in [3.05, 3.63) is 46.2 Å². The second-order valence-corrected chi connectivity index (χ2v) is 8.54. The maximum Gasteiger partial charge on any atom is 0.251 e. The van der Waals surface area contributed by atoms with Crippen LogP contribution in [0.3, 0.4) is 0 Å². The van der Waals surface area contributed by atoms with Crippen molar-refractivity contribution in [3.8, 4) is 11.1 Å². The normalized spacial score (nSPS) is 15.0. The van der Waals surface area contributed by atoms with Gasteiger partial charge in [0.25, 0.3) is 5.91 Å². The van der Waals surface area contributed by atoms with Crippen LogP contribution in [-0.4, -0.2) is 35.0 Å². The van der Waals surface area contributed by atoms with Crippen LogP contribution in [0.25, 0.3) is 11.1 Å². The molecule has 1 aromatic heterocycles. The molecule has 0 aliphatic carbocycles. The van der Waals surface area contributed by atoms with Crippen molar-refractivity contribution in [1.29, 1.82) is 0 Å². The van der Waals surface area contributed by atoms with E-state index in [1.54, 1.807) is 0 Å². The molecule has 0 unspecified atom stereocenters. The number of primary amides is 1. The van der Waals surface area contributed by atoms with Gasteiger partial charge in [-0.3, -0.25) is 4.79 Å². The van der Waals surface area contributed by atoms with E-state index in [9.17, 15) is 4.79 Å². The van der Waals surface area contributed by atoms with Crippen LogP contribution in [0.4, 0.5) is 0 Å². The highest BCUT2D eigenvalue weighted by atomic mass is 35.5. The molecule has 5 heteroatoms. The summed E-state index contributed by atoms with van der Waals surface area (Å²) in [7, 11) is 0. The van der Waals surface area contributed by atoms with Crippen molar-refractivity contribution in [2.75, 3.05) is 19.6 Å². The lowest BCUT2D eigenvalue weighted by Gasteiger charge is -2.27. The first-order valence-electron chi connectivity index (χ1n) is 11.0. The third kappa shape index (κ3) is 5.04. The number of halogens is 1. The Morgan fingerprint density at radius 1 is 1.10 bits per heavy atom. The first kappa shape index (κ1) is 21.9. The summed E-state index contributed by atoms with van der Waals surface area (Å²) in [5.41, 5.74) is 10.5. The summed E-state index contributed by atoms with van der Waals surface area (Å²) in [6.45, 7) is 8.48. The highest BCUT2D eigenvalue weighted by Gasteiger charge is 2.26. The van der Waals surface area contributed by atoms with Crippen LogP contribution in [0.5, 0.6) is 0 Å². The Balaban J connectivity index is 2.04. The van der Waals surface area contributed by atoms with Crippen molar-refractivity contribution in [2.24, 2.45) is 5.73 Å². The van der Waals surface area contributed by atoms with Crippen LogP contribution in [-0.2, 0) is 13.0 Å². The molecule has 1 amide bonds. The number of rotatable bonds is 9. The number of unbranched alkanes of at least 4 members (excludes halogenated alkanes) is 2. The van der Waals surface area contributed by atoms with Crippen LogP contribution < -0.4 is 5.73 Å². The third-order valence-corrected chi connectivity index (χ3v) is 6.46. The number of carbonyl (C=O) groups is 1. The Labute approximate surface area is 180 Å². The van der Waals surface area contributed by atoms with Gasteiger partial charge >= 0.3 is 0 Å². The minimum atomic E-state index is -0.370. The Morgan fingerprint density at radius 2 is 1.83 bits per heavy atom. The Morgan fingerprint density at radius 3 is 2.48 bits per heavy atom. The quantitative estimate of drug-likeness (QED) is 0.555. The summed E-state index contributed by atoms with van der Waals surface area (Å²) in [5, 5.41) is 0.667. The van der Waals surface area contributed by atoms with E-state index >= 15 is 0 Å². The molecule has 1 aliphatic rings. The molecule has 1 fully saturated rings. The minimum absolute atomic E-state index is 0.370. The van der Waals surface area contributed by atoms with E-state index < -0.39 is 0 Å². The lowest BCUT2D eigenvalue weighted by atomic mass is 9.97. The summed E-state index contributed by atoms with van der Waals surface area (Å²) in [4.78, 5) is 15.0. The van der Waals surface area contributed by atoms with Gasteiger partial charge in [-0.1, -0.05) is 56.0 Å². The fraction of sp³-hybridized carbons (Fsp3) is 0.542. The maximum absolute atomic E-state index is 12.5. The zero-order valence-electron chi connectivity index (χ0n) is 17.8. The predicted octanol–water partition coefficient (Wildman–Crippen LogP) is 5.43. The average Bonchev–Trinajstić information content (AvgIpc) is 2.99. The van der Waals surface area contributed by atoms with E-state index in [1.807, 2.05) is 31.2 Å². The molecule has 0 radical (unpaired) electrons. The van der Waals surface area contributed by atoms with E-state index in [0.29, 0.717) is 10.6 Å². The molecular weight excluding hydrogens is 382 g/mol. The van der Waals surface area contributed by atoms with Crippen molar-refractivity contribution < 1.29 is 4.79 Å². The van der Waals surface area contributed by atoms with Gasteiger partial charge in [0.15, 0.2) is 0 Å². The molecule has 2 N–H and O–H groups in total. The van der Waals surface area contributed by atoms with Gasteiger partial charge in [-0.15, -0.1) is 0 Å². The SMILES string of the molecule is CCCCCc1c(-c2ccccc2Cl)c(C(N)=O)c(C)n1CCN1CCCCC1. The number of likely N-dealkylation sites (tertiary alicyclic amines) is 1. The molecule has 29 heavy (non-hydrogen) atoms. The van der Waals surface area contributed by atoms with Gasteiger partial charge in [0.05, 0.1) is 5.56 Å². The van der Waals surface area contributed by atoms with Crippen LogP contribution in [0.1, 0.15) is 67.2 Å². The number of aromatic nitrogens is 1. The van der Waals surface area contributed by atoms with Crippen molar-refractivity contribution in [1.82, 2.24) is 9.47 Å². The predicted molar refractivity (Wildman–Crippen MR) is 122 cm³/mol. The van der Waals surface area contributed by atoms with E-state index in [0.717, 1.165) is 49.2 Å². The van der Waals surface area contributed by atoms with Gasteiger partial charge in [-0.05, 0) is 51.8 Å². The van der Waals surface area contributed by atoms with Crippen LogP contribution in [0.15, 0.2) is 24.3 Å². The molecule has 1 aliphatic heterocycles. The maximum atomic E-state index is 12.5. The Kier molecular flexibility index (Phi) is 7.79. The molecule has 4 nitrogen and oxygen atoms in total. The molecule has 0 atom stereocenters. The van der Waals surface area contributed by atoms with Gasteiger partial charge in [-0.2, -0.15) is 0 Å². The molecule has 0 spiro atoms. The Hall–Kier alpha value is -1.78. The minimum Gasteiger partial charge on any atom is -0.366 e. The monoisotopic (exact) mass is 415 g/mol. The number of nitrogens with two attached hydrogens (primary N) is 1. The largest absolute Gasteiger partial charge is 0.366 e. The Bertz CT molecular complexity index is 837. The molecule has 1 saturated heterocycles. The van der Waals surface area contributed by atoms with Crippen LogP contribution in [0.2, 0.25) is 5.02 Å². The van der Waals surface area contributed by atoms with Gasteiger partial charge in [0.2, 0.25) is 0 Å². The number of carbonyl (C=O) groups excluding carboxylic acids is 1. The number of benzene rings is 1. The van der Waals surface area contributed by atoms with Gasteiger partial charge in [-0.25, -0.2) is 0 Å². The smallest absolute Gasteiger partial charge is 0.251 e. The number of hydrogen-bond donors (Lipinski definition) is 1. The van der Waals surface area contributed by atoms with Crippen LogP contribution in [0, 0.1) is 6.92 Å². The lowest BCUT2D eigenvalue weighted by Crippen LogP contribution is -2.33. The van der Waals surface area contributed by atoms with E-state index in [2.05, 4.69) is 16.4 Å². The molecule has 1 aromatic carbocycles. The summed E-state index contributed by atoms with van der Waals surface area (Å²) < 4.78 is 2.34. The van der Waals surface area contributed by atoms with Gasteiger partial charge in [0, 0.05) is 40.6 Å². The first-order valence-corrected chi connectivity index (χ1v) is 11.4. The van der Waals surface area contributed by atoms with Crippen LogP contribution >= 0.6 is 11.6 Å². The van der Waals surface area contributed by atoms with Crippen molar-refractivity contribution >= 4 is 17.5 Å². The molecule has 0 bridgehead atoms. The molecule has 0 saturated carbocycles. The summed E-state index contributed by atoms with van der Waals surface area (Å²) in [6, 6.07) is 7.79. The topological polar surface area (TPSA) is 51.3 Å². The van der Waals surface area contributed by atoms with Crippen molar-refractivity contribution in [2.45, 2.75) is 65.3 Å². The number of amides is 1. The highest BCUT2D eigenvalue weighted by molar-refractivity contribution is 6.33. The van der Waals surface area contributed by atoms with E-state index in [4.69, 9.17) is 17.3 Å². The number of nitrogens with zero attached hydrogens (tertiary/aromatic N) is 2. The van der Waals surface area contributed by atoms with Crippen molar-refractivity contribution in [3.63, 3.8) is 0 Å². The van der Waals surface area contributed by atoms with Gasteiger partial charge in [0.1, 0.15) is 0 Å². The molecule has 2 heterocycles. The second-order valence-electron chi connectivity index (χ2n) is 8.14. The van der Waals surface area contributed by atoms with E-state index in [-0.39, 0.29) is 5.91 Å². The fourth-order valence-corrected chi connectivity index (χ4v) is 4.81. The fourth-order valence-electron chi connectivity index (χ4n) is 4.58. The lowest BCUT2D eigenvalue weighted by molar-refractivity contribution is 0.1000. The zero-order valence-corrected chi connectivity index (χ0v) is 18.6. The summed E-state index contributed by atoms with van der Waals surface area (Å²) >= 11 is 6.56.